The van der Waals surface area contributed by atoms with Crippen molar-refractivity contribution in [3.05, 3.63) is 47.0 Å². The number of nitrogens with zero attached hydrogens (tertiary/aromatic N) is 2. The van der Waals surface area contributed by atoms with E-state index in [1.54, 1.807) is 39.5 Å². The van der Waals surface area contributed by atoms with Crippen LogP contribution in [-0.4, -0.2) is 58.3 Å². The smallest absolute Gasteiger partial charge is 0.257 e. The van der Waals surface area contributed by atoms with E-state index in [0.29, 0.717) is 54.0 Å². The Kier molecular flexibility index (Phi) is 5.96. The lowest BCUT2D eigenvalue weighted by Gasteiger charge is -2.37. The Labute approximate surface area is 164 Å². The highest BCUT2D eigenvalue weighted by Crippen LogP contribution is 2.38. The Morgan fingerprint density at radius 1 is 0.889 bits per heavy atom. The van der Waals surface area contributed by atoms with E-state index in [4.69, 9.17) is 25.8 Å². The molecule has 2 aromatic carbocycles. The number of halogens is 1. The van der Waals surface area contributed by atoms with E-state index >= 15 is 0 Å². The third-order valence-corrected chi connectivity index (χ3v) is 4.99. The van der Waals surface area contributed by atoms with Gasteiger partial charge in [-0.2, -0.15) is 0 Å². The van der Waals surface area contributed by atoms with Gasteiger partial charge < -0.3 is 24.0 Å². The van der Waals surface area contributed by atoms with Crippen molar-refractivity contribution in [2.24, 2.45) is 0 Å². The van der Waals surface area contributed by atoms with E-state index < -0.39 is 0 Å². The second-order valence-electron chi connectivity index (χ2n) is 6.14. The van der Waals surface area contributed by atoms with Crippen LogP contribution < -0.4 is 19.1 Å². The second kappa shape index (κ2) is 8.39. The first kappa shape index (κ1) is 19.2. The van der Waals surface area contributed by atoms with Gasteiger partial charge in [-0.05, 0) is 12.1 Å². The maximum Gasteiger partial charge on any atom is 0.257 e. The molecular formula is C20H23ClN2O4. The SMILES string of the molecule is COc1cc(N2CCN(C(=O)c3ccccc3OC)CC2)c(OC)cc1Cl. The van der Waals surface area contributed by atoms with E-state index in [1.807, 2.05) is 23.1 Å². The number of piperazine rings is 1. The molecule has 0 saturated carbocycles. The summed E-state index contributed by atoms with van der Waals surface area (Å²) in [5.74, 6) is 1.85. The Bertz CT molecular complexity index is 820. The van der Waals surface area contributed by atoms with E-state index in [2.05, 4.69) is 4.90 Å². The molecule has 1 aliphatic heterocycles. The zero-order valence-electron chi connectivity index (χ0n) is 15.7. The highest BCUT2D eigenvalue weighted by Gasteiger charge is 2.26. The minimum Gasteiger partial charge on any atom is -0.496 e. The summed E-state index contributed by atoms with van der Waals surface area (Å²) in [4.78, 5) is 16.9. The predicted octanol–water partition coefficient (Wildman–Crippen LogP) is 3.33. The number of methoxy groups -OCH3 is 3. The van der Waals surface area contributed by atoms with E-state index in [-0.39, 0.29) is 5.91 Å². The molecule has 0 aromatic heterocycles. The fourth-order valence-electron chi connectivity index (χ4n) is 3.23. The van der Waals surface area contributed by atoms with Crippen LogP contribution in [0.3, 0.4) is 0 Å². The van der Waals surface area contributed by atoms with Gasteiger partial charge in [-0.15, -0.1) is 0 Å². The fraction of sp³-hybridized carbons (Fsp3) is 0.350. The average Bonchev–Trinajstić information content (AvgIpc) is 2.73. The molecule has 0 aliphatic carbocycles. The minimum absolute atomic E-state index is 0.0206. The fourth-order valence-corrected chi connectivity index (χ4v) is 3.46. The van der Waals surface area contributed by atoms with Crippen molar-refractivity contribution in [1.82, 2.24) is 4.90 Å². The first-order chi connectivity index (χ1) is 13.1. The molecule has 1 fully saturated rings. The molecule has 1 aliphatic rings. The van der Waals surface area contributed by atoms with Crippen LogP contribution >= 0.6 is 11.6 Å². The molecule has 1 amide bonds. The van der Waals surface area contributed by atoms with Crippen molar-refractivity contribution in [1.29, 1.82) is 0 Å². The van der Waals surface area contributed by atoms with Crippen LogP contribution in [0.1, 0.15) is 10.4 Å². The first-order valence-corrected chi connectivity index (χ1v) is 9.05. The Morgan fingerprint density at radius 3 is 2.15 bits per heavy atom. The van der Waals surface area contributed by atoms with Crippen molar-refractivity contribution in [3.63, 3.8) is 0 Å². The number of anilines is 1. The standard InChI is InChI=1S/C20H23ClN2O4/c1-25-17-7-5-4-6-14(17)20(24)23-10-8-22(9-11-23)16-13-18(26-2)15(21)12-19(16)27-3/h4-7,12-13H,8-11H2,1-3H3. The number of benzene rings is 2. The van der Waals surface area contributed by atoms with E-state index in [1.165, 1.54) is 0 Å². The molecule has 6 nitrogen and oxygen atoms in total. The maximum absolute atomic E-state index is 12.9. The molecule has 0 spiro atoms. The van der Waals surface area contributed by atoms with Gasteiger partial charge >= 0.3 is 0 Å². The molecular weight excluding hydrogens is 368 g/mol. The van der Waals surface area contributed by atoms with E-state index in [9.17, 15) is 4.79 Å². The van der Waals surface area contributed by atoms with Crippen LogP contribution in [-0.2, 0) is 0 Å². The summed E-state index contributed by atoms with van der Waals surface area (Å²) in [5.41, 5.74) is 1.49. The molecule has 144 valence electrons. The second-order valence-corrected chi connectivity index (χ2v) is 6.55. The monoisotopic (exact) mass is 390 g/mol. The Hall–Kier alpha value is -2.60. The number of rotatable bonds is 5. The van der Waals surface area contributed by atoms with Gasteiger partial charge in [-0.25, -0.2) is 0 Å². The zero-order valence-corrected chi connectivity index (χ0v) is 16.5. The third-order valence-electron chi connectivity index (χ3n) is 4.70. The highest BCUT2D eigenvalue weighted by atomic mass is 35.5. The molecule has 0 radical (unpaired) electrons. The number of carbonyl (C=O) groups is 1. The molecule has 0 unspecified atom stereocenters. The van der Waals surface area contributed by atoms with Crippen molar-refractivity contribution in [3.8, 4) is 17.2 Å². The van der Waals surface area contributed by atoms with Gasteiger partial charge in [0.15, 0.2) is 0 Å². The van der Waals surface area contributed by atoms with Crippen LogP contribution in [0.4, 0.5) is 5.69 Å². The van der Waals surface area contributed by atoms with Crippen molar-refractivity contribution in [2.75, 3.05) is 52.4 Å². The van der Waals surface area contributed by atoms with Gasteiger partial charge in [0.2, 0.25) is 0 Å². The predicted molar refractivity (Wildman–Crippen MR) is 106 cm³/mol. The summed E-state index contributed by atoms with van der Waals surface area (Å²) in [6.45, 7) is 2.57. The van der Waals surface area contributed by atoms with Gasteiger partial charge in [0.1, 0.15) is 17.2 Å². The van der Waals surface area contributed by atoms with E-state index in [0.717, 1.165) is 5.69 Å². The summed E-state index contributed by atoms with van der Waals surface area (Å²) in [6, 6.07) is 10.9. The number of carbonyl (C=O) groups excluding carboxylic acids is 1. The van der Waals surface area contributed by atoms with Gasteiger partial charge in [-0.3, -0.25) is 4.79 Å². The largest absolute Gasteiger partial charge is 0.496 e. The third kappa shape index (κ3) is 3.90. The summed E-state index contributed by atoms with van der Waals surface area (Å²) in [5, 5.41) is 0.503. The van der Waals surface area contributed by atoms with Crippen LogP contribution in [0.15, 0.2) is 36.4 Å². The summed E-state index contributed by atoms with van der Waals surface area (Å²) in [7, 11) is 4.77. The molecule has 1 saturated heterocycles. The summed E-state index contributed by atoms with van der Waals surface area (Å²) in [6.07, 6.45) is 0. The molecule has 1 heterocycles. The van der Waals surface area contributed by atoms with Crippen LogP contribution in [0.2, 0.25) is 5.02 Å². The topological polar surface area (TPSA) is 51.2 Å². The normalized spacial score (nSPS) is 14.1. The molecule has 0 atom stereocenters. The lowest BCUT2D eigenvalue weighted by molar-refractivity contribution is 0.0743. The number of hydrogen-bond donors (Lipinski definition) is 0. The first-order valence-electron chi connectivity index (χ1n) is 8.67. The van der Waals surface area contributed by atoms with Crippen molar-refractivity contribution < 1.29 is 19.0 Å². The number of amides is 1. The highest BCUT2D eigenvalue weighted by molar-refractivity contribution is 6.32. The van der Waals surface area contributed by atoms with Gasteiger partial charge in [-0.1, -0.05) is 23.7 Å². The van der Waals surface area contributed by atoms with Gasteiger partial charge in [0.05, 0.1) is 37.6 Å². The lowest BCUT2D eigenvalue weighted by Crippen LogP contribution is -2.49. The number of ether oxygens (including phenoxy) is 3. The van der Waals surface area contributed by atoms with Crippen LogP contribution in [0.25, 0.3) is 0 Å². The molecule has 2 aromatic rings. The van der Waals surface area contributed by atoms with Crippen LogP contribution in [0, 0.1) is 0 Å². The Morgan fingerprint density at radius 2 is 1.52 bits per heavy atom. The lowest BCUT2D eigenvalue weighted by atomic mass is 10.1. The summed E-state index contributed by atoms with van der Waals surface area (Å²) >= 11 is 6.19. The minimum atomic E-state index is -0.0206. The van der Waals surface area contributed by atoms with Crippen molar-refractivity contribution >= 4 is 23.2 Å². The van der Waals surface area contributed by atoms with Crippen LogP contribution in [0.5, 0.6) is 17.2 Å². The molecule has 7 heteroatoms. The molecule has 27 heavy (non-hydrogen) atoms. The zero-order chi connectivity index (χ0) is 19.4. The molecule has 3 rings (SSSR count). The van der Waals surface area contributed by atoms with Crippen molar-refractivity contribution in [2.45, 2.75) is 0 Å². The summed E-state index contributed by atoms with van der Waals surface area (Å²) < 4.78 is 16.1. The number of hydrogen-bond acceptors (Lipinski definition) is 5. The molecule has 0 N–H and O–H groups in total. The Balaban J connectivity index is 1.75. The average molecular weight is 391 g/mol. The molecule has 0 bridgehead atoms. The number of para-hydroxylation sites is 1. The van der Waals surface area contributed by atoms with Gasteiger partial charge in [0.25, 0.3) is 5.91 Å². The maximum atomic E-state index is 12.9. The van der Waals surface area contributed by atoms with Gasteiger partial charge in [0, 0.05) is 38.3 Å². The quantitative estimate of drug-likeness (QED) is 0.783.